The van der Waals surface area contributed by atoms with Crippen LogP contribution < -0.4 is 15.4 Å². The number of esters is 1. The summed E-state index contributed by atoms with van der Waals surface area (Å²) in [6.45, 7) is -0.191. The topological polar surface area (TPSA) is 166 Å². The van der Waals surface area contributed by atoms with Crippen molar-refractivity contribution in [3.8, 4) is 5.75 Å². The van der Waals surface area contributed by atoms with Crippen LogP contribution in [0.25, 0.3) is 0 Å². The van der Waals surface area contributed by atoms with E-state index in [1.807, 2.05) is 91.0 Å². The van der Waals surface area contributed by atoms with E-state index in [2.05, 4.69) is 15.8 Å². The number of nitrogens with zero attached hydrogens (tertiary/aromatic N) is 3. The lowest BCUT2D eigenvalue weighted by atomic mass is 9.77. The Kier molecular flexibility index (Phi) is 13.3. The number of alkyl halides is 1. The normalized spacial score (nSPS) is 18.0. The Hall–Kier alpha value is -6.04. The van der Waals surface area contributed by atoms with Gasteiger partial charge in [0, 0.05) is 11.1 Å². The van der Waals surface area contributed by atoms with Gasteiger partial charge in [0.2, 0.25) is 0 Å². The largest absolute Gasteiger partial charge is 0.497 e. The second-order valence-electron chi connectivity index (χ2n) is 15.2. The molecular weight excluding hydrogens is 866 g/mol. The van der Waals surface area contributed by atoms with Crippen LogP contribution in [0.5, 0.6) is 5.75 Å². The van der Waals surface area contributed by atoms with Gasteiger partial charge in [-0.25, -0.2) is 22.6 Å². The second kappa shape index (κ2) is 19.1. The maximum Gasteiger partial charge on any atom is 0.355 e. The van der Waals surface area contributed by atoms with E-state index >= 15 is 0 Å². The van der Waals surface area contributed by atoms with E-state index in [9.17, 15) is 27.2 Å². The number of fused-ring (bicyclic) bond motifs is 1. The zero-order chi connectivity index (χ0) is 44.0. The molecule has 1 aliphatic carbocycles. The fourth-order valence-electron chi connectivity index (χ4n) is 7.94. The summed E-state index contributed by atoms with van der Waals surface area (Å²) in [6, 6.07) is 34.0. The Labute approximate surface area is 372 Å². The van der Waals surface area contributed by atoms with E-state index in [0.29, 0.717) is 16.4 Å². The molecular formula is C46H44FN5O8S3. The maximum absolute atomic E-state index is 14.4. The zero-order valence-corrected chi connectivity index (χ0v) is 36.6. The number of ether oxygens (including phenoxy) is 2. The van der Waals surface area contributed by atoms with Crippen LogP contribution in [0.4, 0.5) is 9.52 Å². The number of hydrogen-bond acceptors (Lipinski definition) is 13. The van der Waals surface area contributed by atoms with Gasteiger partial charge < -0.3 is 24.9 Å². The third-order valence-electron chi connectivity index (χ3n) is 11.1. The number of carbonyl (C=O) groups is 3. The van der Waals surface area contributed by atoms with Gasteiger partial charge >= 0.3 is 5.97 Å². The van der Waals surface area contributed by atoms with Crippen LogP contribution in [0.2, 0.25) is 0 Å². The summed E-state index contributed by atoms with van der Waals surface area (Å²) >= 11 is 2.42. The van der Waals surface area contributed by atoms with E-state index in [1.54, 1.807) is 29.6 Å². The van der Waals surface area contributed by atoms with Crippen LogP contribution in [0, 0.1) is 0 Å². The first-order chi connectivity index (χ1) is 30.6. The number of anilines is 1. The molecule has 1 saturated carbocycles. The Balaban J connectivity index is 1.07. The summed E-state index contributed by atoms with van der Waals surface area (Å²) < 4.78 is 49.2. The highest BCUT2D eigenvalue weighted by molar-refractivity contribution is 8.00. The fourth-order valence-corrected chi connectivity index (χ4v) is 11.0. The molecule has 1 aromatic heterocycles. The Bertz CT molecular complexity index is 2510. The van der Waals surface area contributed by atoms with E-state index in [0.717, 1.165) is 59.0 Å². The lowest BCUT2D eigenvalue weighted by molar-refractivity contribution is -0.153. The van der Waals surface area contributed by atoms with Crippen LogP contribution in [-0.2, 0) is 45.9 Å². The van der Waals surface area contributed by atoms with Gasteiger partial charge in [-0.05, 0) is 65.6 Å². The highest BCUT2D eigenvalue weighted by Gasteiger charge is 2.55. The first-order valence-corrected chi connectivity index (χ1v) is 24.0. The number of thioether (sulfide) groups is 1. The minimum absolute atomic E-state index is 0.0269. The standard InChI is InChI=1S/C46H44FN5O8S3/c1-58-35-23-21-30(22-24-35)25-59-44(55)40-31(28-63(56,57)29-47)26-61-43-39(42(54)52(40)43)49-41(53)38(51-60-36-19-11-12-20-36)37-27-62-45(48-37)50-46(32-13-5-2-6-14-32,33-15-7-3-8-16-33)34-17-9-4-10-18-34/h2-10,13-18,21-24,27,36,39,43H,11-12,19-20,25-26,28-29H2,1H3,(H,48,50)(H,49,53)/b51-38-/t39?,43-/m1/s1. The number of carbonyl (C=O) groups excluding carboxylic acids is 3. The first-order valence-electron chi connectivity index (χ1n) is 20.3. The average molecular weight is 910 g/mol. The molecule has 4 aromatic carbocycles. The van der Waals surface area contributed by atoms with Crippen molar-refractivity contribution in [2.75, 3.05) is 29.9 Å². The van der Waals surface area contributed by atoms with Gasteiger partial charge in [-0.15, -0.1) is 23.1 Å². The van der Waals surface area contributed by atoms with E-state index in [1.165, 1.54) is 18.4 Å². The monoisotopic (exact) mass is 909 g/mol. The third kappa shape index (κ3) is 9.36. The highest BCUT2D eigenvalue weighted by Crippen LogP contribution is 2.43. The maximum atomic E-state index is 14.4. The van der Waals surface area contributed by atoms with Crippen molar-refractivity contribution >= 4 is 61.6 Å². The molecule has 5 aromatic rings. The van der Waals surface area contributed by atoms with Crippen molar-refractivity contribution < 1.29 is 41.5 Å². The van der Waals surface area contributed by atoms with Gasteiger partial charge in [0.05, 0.1) is 12.9 Å². The minimum atomic E-state index is -4.25. The van der Waals surface area contributed by atoms with Gasteiger partial charge in [-0.1, -0.05) is 108 Å². The van der Waals surface area contributed by atoms with Crippen LogP contribution in [-0.4, -0.2) is 83.9 Å². The molecule has 1 unspecified atom stereocenters. The molecule has 17 heteroatoms. The van der Waals surface area contributed by atoms with Gasteiger partial charge in [-0.3, -0.25) is 14.5 Å². The number of hydrogen-bond donors (Lipinski definition) is 2. The van der Waals surface area contributed by atoms with Crippen LogP contribution >= 0.6 is 23.1 Å². The van der Waals surface area contributed by atoms with Crippen molar-refractivity contribution in [2.24, 2.45) is 5.16 Å². The van der Waals surface area contributed by atoms with Crippen molar-refractivity contribution in [1.29, 1.82) is 0 Å². The molecule has 3 heterocycles. The highest BCUT2D eigenvalue weighted by atomic mass is 32.2. The lowest BCUT2D eigenvalue weighted by Crippen LogP contribution is -2.71. The van der Waals surface area contributed by atoms with Crippen LogP contribution in [0.1, 0.15) is 53.6 Å². The summed E-state index contributed by atoms with van der Waals surface area (Å²) in [4.78, 5) is 54.0. The predicted octanol–water partition coefficient (Wildman–Crippen LogP) is 6.96. The van der Waals surface area contributed by atoms with Gasteiger partial charge in [0.15, 0.2) is 26.7 Å². The van der Waals surface area contributed by atoms with Crippen molar-refractivity contribution in [2.45, 2.75) is 55.3 Å². The molecule has 63 heavy (non-hydrogen) atoms. The molecule has 13 nitrogen and oxygen atoms in total. The third-order valence-corrected chi connectivity index (χ3v) is 14.3. The Morgan fingerprint density at radius 3 is 2.08 bits per heavy atom. The summed E-state index contributed by atoms with van der Waals surface area (Å²) in [5.41, 5.74) is 2.39. The number of methoxy groups -OCH3 is 1. The fraction of sp³-hybridized carbons (Fsp3) is 0.283. The van der Waals surface area contributed by atoms with E-state index < -0.39 is 56.3 Å². The van der Waals surface area contributed by atoms with Gasteiger partial charge in [0.25, 0.3) is 11.8 Å². The molecule has 2 N–H and O–H groups in total. The number of β-lactam (4-membered cyclic amide) rings is 1. The molecule has 0 bridgehead atoms. The first kappa shape index (κ1) is 43.6. The molecule has 0 radical (unpaired) electrons. The van der Waals surface area contributed by atoms with Crippen molar-refractivity contribution in [1.82, 2.24) is 15.2 Å². The summed E-state index contributed by atoms with van der Waals surface area (Å²) in [5, 5.41) is 12.3. The van der Waals surface area contributed by atoms with Crippen molar-refractivity contribution in [3.05, 3.63) is 160 Å². The predicted molar refractivity (Wildman–Crippen MR) is 239 cm³/mol. The second-order valence-corrected chi connectivity index (χ2v) is 19.2. The molecule has 1 saturated heterocycles. The number of halogens is 1. The number of thiazole rings is 1. The zero-order valence-electron chi connectivity index (χ0n) is 34.1. The summed E-state index contributed by atoms with van der Waals surface area (Å²) in [5.74, 6) is -2.59. The van der Waals surface area contributed by atoms with E-state index in [-0.39, 0.29) is 41.1 Å². The molecule has 326 valence electrons. The number of sulfone groups is 1. The molecule has 3 aliphatic rings. The Morgan fingerprint density at radius 2 is 1.51 bits per heavy atom. The van der Waals surface area contributed by atoms with E-state index in [4.69, 9.17) is 19.3 Å². The molecule has 2 amide bonds. The Morgan fingerprint density at radius 1 is 0.905 bits per heavy atom. The number of amides is 2. The molecule has 2 aliphatic heterocycles. The SMILES string of the molecule is COc1ccc(COC(=O)C2=C(CS(=O)(=O)CF)CS[C@@H]3C(NC(=O)/C(=N\OC4CCCC4)c4csc(NC(c5ccccc5)(c5ccccc5)c5ccccc5)n4)C(=O)N23)cc1. The number of aromatic nitrogens is 1. The molecule has 2 atom stereocenters. The van der Waals surface area contributed by atoms with Crippen LogP contribution in [0.3, 0.4) is 0 Å². The smallest absolute Gasteiger partial charge is 0.355 e. The molecule has 0 spiro atoms. The number of nitrogens with one attached hydrogen (secondary N) is 2. The number of rotatable bonds is 17. The average Bonchev–Trinajstić information content (AvgIpc) is 4.03. The lowest BCUT2D eigenvalue weighted by Gasteiger charge is -2.49. The molecule has 2 fully saturated rings. The quantitative estimate of drug-likeness (QED) is 0.0326. The summed E-state index contributed by atoms with van der Waals surface area (Å²) in [6.07, 6.45) is 3.27. The minimum Gasteiger partial charge on any atom is -0.497 e. The van der Waals surface area contributed by atoms with Gasteiger partial charge in [-0.2, -0.15) is 0 Å². The number of oxime groups is 1. The molecule has 8 rings (SSSR count). The van der Waals surface area contributed by atoms with Crippen LogP contribution in [0.15, 0.2) is 137 Å². The van der Waals surface area contributed by atoms with Gasteiger partial charge in [0.1, 0.15) is 46.8 Å². The number of benzene rings is 4. The van der Waals surface area contributed by atoms with Crippen molar-refractivity contribution in [3.63, 3.8) is 0 Å². The summed E-state index contributed by atoms with van der Waals surface area (Å²) in [7, 11) is -2.73.